The fraction of sp³-hybridized carbons (Fsp3) is 0.458. The zero-order valence-electron chi connectivity index (χ0n) is 19.0. The Balaban J connectivity index is 1.49. The van der Waals surface area contributed by atoms with E-state index in [1.165, 1.54) is 6.33 Å². The van der Waals surface area contributed by atoms with Gasteiger partial charge in [0.15, 0.2) is 0 Å². The number of ether oxygens (including phenoxy) is 2. The second-order valence-electron chi connectivity index (χ2n) is 9.37. The van der Waals surface area contributed by atoms with E-state index in [0.29, 0.717) is 12.5 Å². The summed E-state index contributed by atoms with van der Waals surface area (Å²) in [6.07, 6.45) is 4.85. The zero-order chi connectivity index (χ0) is 22.9. The molecule has 1 saturated carbocycles. The molecule has 0 spiro atoms. The molecule has 1 aromatic carbocycles. The molecule has 2 aromatic heterocycles. The van der Waals surface area contributed by atoms with Gasteiger partial charge in [0.05, 0.1) is 23.5 Å². The average molecular weight is 439 g/mol. The molecule has 0 bridgehead atoms. The lowest BCUT2D eigenvalue weighted by Gasteiger charge is -2.33. The summed E-state index contributed by atoms with van der Waals surface area (Å²) in [7, 11) is 0. The van der Waals surface area contributed by atoms with E-state index in [1.54, 1.807) is 4.52 Å². The van der Waals surface area contributed by atoms with E-state index in [-0.39, 0.29) is 12.7 Å². The number of aliphatic hydroxyl groups is 1. The quantitative estimate of drug-likeness (QED) is 0.606. The number of aryl methyl sites for hydroxylation is 1. The van der Waals surface area contributed by atoms with Crippen LogP contribution in [0.1, 0.15) is 44.7 Å². The van der Waals surface area contributed by atoms with Gasteiger partial charge in [-0.05, 0) is 63.6 Å². The van der Waals surface area contributed by atoms with Crippen molar-refractivity contribution in [3.8, 4) is 17.0 Å². The SMILES string of the molecule is Cc1cc(-c2ncnn3cc(OC4CC(CO)C4)cc23)ccc1CNC(=O)OC(C)(C)C. The predicted molar refractivity (Wildman–Crippen MR) is 120 cm³/mol. The van der Waals surface area contributed by atoms with Crippen molar-refractivity contribution in [2.75, 3.05) is 6.61 Å². The first-order valence-electron chi connectivity index (χ1n) is 10.9. The number of nitrogens with one attached hydrogen (secondary N) is 1. The number of rotatable bonds is 6. The Morgan fingerprint density at radius 3 is 2.75 bits per heavy atom. The Bertz CT molecular complexity index is 1110. The van der Waals surface area contributed by atoms with Gasteiger partial charge >= 0.3 is 6.09 Å². The number of aliphatic hydroxyl groups excluding tert-OH is 1. The highest BCUT2D eigenvalue weighted by Crippen LogP contribution is 2.33. The van der Waals surface area contributed by atoms with Crippen LogP contribution >= 0.6 is 0 Å². The van der Waals surface area contributed by atoms with Crippen molar-refractivity contribution in [2.24, 2.45) is 5.92 Å². The third-order valence-electron chi connectivity index (χ3n) is 5.57. The van der Waals surface area contributed by atoms with E-state index in [1.807, 2.05) is 52.1 Å². The lowest BCUT2D eigenvalue weighted by Crippen LogP contribution is -2.35. The van der Waals surface area contributed by atoms with E-state index in [9.17, 15) is 9.90 Å². The van der Waals surface area contributed by atoms with Crippen molar-refractivity contribution < 1.29 is 19.4 Å². The molecule has 0 aliphatic heterocycles. The van der Waals surface area contributed by atoms with Gasteiger partial charge in [0, 0.05) is 24.8 Å². The molecule has 8 heteroatoms. The zero-order valence-corrected chi connectivity index (χ0v) is 19.0. The number of amides is 1. The largest absolute Gasteiger partial charge is 0.489 e. The summed E-state index contributed by atoms with van der Waals surface area (Å²) in [4.78, 5) is 16.4. The molecule has 0 saturated heterocycles. The number of hydrogen-bond donors (Lipinski definition) is 2. The minimum Gasteiger partial charge on any atom is -0.489 e. The summed E-state index contributed by atoms with van der Waals surface area (Å²) < 4.78 is 13.1. The predicted octanol–water partition coefficient (Wildman–Crippen LogP) is 3.88. The smallest absolute Gasteiger partial charge is 0.407 e. The number of nitrogens with zero attached hydrogens (tertiary/aromatic N) is 3. The molecule has 32 heavy (non-hydrogen) atoms. The molecule has 1 amide bonds. The number of alkyl carbamates (subject to hydrolysis) is 1. The van der Waals surface area contributed by atoms with Gasteiger partial charge in [-0.3, -0.25) is 0 Å². The van der Waals surface area contributed by atoms with Crippen LogP contribution in [0.2, 0.25) is 0 Å². The van der Waals surface area contributed by atoms with E-state index < -0.39 is 11.7 Å². The summed E-state index contributed by atoms with van der Waals surface area (Å²) in [5.74, 6) is 1.10. The van der Waals surface area contributed by atoms with Crippen molar-refractivity contribution in [1.29, 1.82) is 0 Å². The van der Waals surface area contributed by atoms with Crippen LogP contribution in [-0.2, 0) is 11.3 Å². The highest BCUT2D eigenvalue weighted by molar-refractivity contribution is 5.78. The number of hydrogen-bond acceptors (Lipinski definition) is 6. The number of fused-ring (bicyclic) bond motifs is 1. The minimum atomic E-state index is -0.527. The van der Waals surface area contributed by atoms with Gasteiger partial charge in [-0.2, -0.15) is 5.10 Å². The molecule has 8 nitrogen and oxygen atoms in total. The fourth-order valence-electron chi connectivity index (χ4n) is 3.83. The van der Waals surface area contributed by atoms with E-state index in [2.05, 4.69) is 21.5 Å². The second kappa shape index (κ2) is 8.78. The third-order valence-corrected chi connectivity index (χ3v) is 5.57. The number of aromatic nitrogens is 3. The maximum atomic E-state index is 11.9. The van der Waals surface area contributed by atoms with Crippen LogP contribution < -0.4 is 10.1 Å². The maximum absolute atomic E-state index is 11.9. The van der Waals surface area contributed by atoms with Gasteiger partial charge in [-0.15, -0.1) is 0 Å². The normalized spacial score (nSPS) is 18.3. The first-order valence-corrected chi connectivity index (χ1v) is 10.9. The van der Waals surface area contributed by atoms with E-state index >= 15 is 0 Å². The highest BCUT2D eigenvalue weighted by atomic mass is 16.6. The molecule has 2 N–H and O–H groups in total. The highest BCUT2D eigenvalue weighted by Gasteiger charge is 2.30. The van der Waals surface area contributed by atoms with Crippen molar-refractivity contribution in [2.45, 2.75) is 58.8 Å². The van der Waals surface area contributed by atoms with Gasteiger partial charge < -0.3 is 19.9 Å². The van der Waals surface area contributed by atoms with Crippen molar-refractivity contribution in [3.63, 3.8) is 0 Å². The van der Waals surface area contributed by atoms with Crippen molar-refractivity contribution >= 4 is 11.6 Å². The van der Waals surface area contributed by atoms with Crippen LogP contribution in [0.4, 0.5) is 4.79 Å². The van der Waals surface area contributed by atoms with Gasteiger partial charge in [0.25, 0.3) is 0 Å². The molecule has 2 heterocycles. The summed E-state index contributed by atoms with van der Waals surface area (Å²) in [6, 6.07) is 7.99. The first-order chi connectivity index (χ1) is 15.2. The Morgan fingerprint density at radius 2 is 2.06 bits per heavy atom. The number of benzene rings is 1. The number of carbonyl (C=O) groups is 1. The molecule has 4 rings (SSSR count). The monoisotopic (exact) mass is 438 g/mol. The molecule has 3 aromatic rings. The summed E-state index contributed by atoms with van der Waals surface area (Å²) >= 11 is 0. The summed E-state index contributed by atoms with van der Waals surface area (Å²) in [5, 5.41) is 16.3. The van der Waals surface area contributed by atoms with Crippen LogP contribution in [0, 0.1) is 12.8 Å². The summed E-state index contributed by atoms with van der Waals surface area (Å²) in [5.41, 5.74) is 4.16. The van der Waals surface area contributed by atoms with Crippen molar-refractivity contribution in [1.82, 2.24) is 19.9 Å². The van der Waals surface area contributed by atoms with Crippen molar-refractivity contribution in [3.05, 3.63) is 47.9 Å². The molecular formula is C24H30N4O4. The van der Waals surface area contributed by atoms with Crippen LogP contribution in [-0.4, -0.2) is 44.1 Å². The van der Waals surface area contributed by atoms with E-state index in [0.717, 1.165) is 46.5 Å². The molecule has 1 aliphatic carbocycles. The molecule has 170 valence electrons. The molecule has 1 aliphatic rings. The fourth-order valence-corrected chi connectivity index (χ4v) is 3.83. The minimum absolute atomic E-state index is 0.139. The van der Waals surface area contributed by atoms with Gasteiger partial charge in [-0.1, -0.05) is 12.1 Å². The van der Waals surface area contributed by atoms with Crippen LogP contribution in [0.3, 0.4) is 0 Å². The molecule has 0 atom stereocenters. The molecular weight excluding hydrogens is 408 g/mol. The van der Waals surface area contributed by atoms with Crippen LogP contribution in [0.25, 0.3) is 16.8 Å². The lowest BCUT2D eigenvalue weighted by molar-refractivity contribution is 0.0325. The Labute approximate surface area is 187 Å². The molecule has 1 fully saturated rings. The second-order valence-corrected chi connectivity index (χ2v) is 9.37. The van der Waals surface area contributed by atoms with Crippen LogP contribution in [0.15, 0.2) is 36.8 Å². The Kier molecular flexibility index (Phi) is 6.06. The maximum Gasteiger partial charge on any atom is 0.407 e. The number of carbonyl (C=O) groups excluding carboxylic acids is 1. The van der Waals surface area contributed by atoms with Gasteiger partial charge in [-0.25, -0.2) is 14.3 Å². The van der Waals surface area contributed by atoms with E-state index in [4.69, 9.17) is 9.47 Å². The Hall–Kier alpha value is -3.13. The Morgan fingerprint density at radius 1 is 1.28 bits per heavy atom. The third kappa shape index (κ3) is 5.02. The summed E-state index contributed by atoms with van der Waals surface area (Å²) in [6.45, 7) is 8.13. The lowest BCUT2D eigenvalue weighted by atomic mass is 9.83. The first kappa shape index (κ1) is 22.1. The standard InChI is InChI=1S/C24H30N4O4/c1-15-7-17(5-6-18(15)11-25-23(30)32-24(2,3)4)22-21-10-20(12-28(21)27-14-26-22)31-19-8-16(9-19)13-29/h5-7,10,12,14,16,19,29H,8-9,11,13H2,1-4H3,(H,25,30). The van der Waals surface area contributed by atoms with Crippen LogP contribution in [0.5, 0.6) is 5.75 Å². The van der Waals surface area contributed by atoms with Gasteiger partial charge in [0.1, 0.15) is 17.7 Å². The average Bonchev–Trinajstić information content (AvgIpc) is 3.10. The molecule has 0 unspecified atom stereocenters. The van der Waals surface area contributed by atoms with Gasteiger partial charge in [0.2, 0.25) is 0 Å². The molecule has 0 radical (unpaired) electrons. The topological polar surface area (TPSA) is 98.0 Å².